The van der Waals surface area contributed by atoms with Crippen molar-refractivity contribution in [1.29, 1.82) is 0 Å². The van der Waals surface area contributed by atoms with E-state index in [1.165, 1.54) is 0 Å². The molecule has 6 heteroatoms. The Morgan fingerprint density at radius 2 is 1.93 bits per heavy atom. The average Bonchev–Trinajstić information content (AvgIpc) is 3.11. The quantitative estimate of drug-likeness (QED) is 0.644. The van der Waals surface area contributed by atoms with Crippen LogP contribution < -0.4 is 10.1 Å². The number of carbonyl (C=O) groups excluding carboxylic acids is 1. The SMILES string of the molecule is COc1cc2nn([C@H]3CC[C@H](S)CC3)cc2cc1NC(=O)c1ccccc1. The van der Waals surface area contributed by atoms with E-state index in [-0.39, 0.29) is 5.91 Å². The largest absolute Gasteiger partial charge is 0.494 e. The van der Waals surface area contributed by atoms with Gasteiger partial charge in [0.2, 0.25) is 0 Å². The number of nitrogens with zero attached hydrogens (tertiary/aromatic N) is 2. The van der Waals surface area contributed by atoms with Crippen LogP contribution >= 0.6 is 12.6 Å². The molecule has 0 saturated heterocycles. The molecule has 1 aromatic heterocycles. The van der Waals surface area contributed by atoms with Crippen LogP contribution in [-0.4, -0.2) is 28.0 Å². The van der Waals surface area contributed by atoms with Crippen LogP contribution in [0, 0.1) is 0 Å². The molecule has 140 valence electrons. The minimum absolute atomic E-state index is 0.159. The molecule has 2 aromatic carbocycles. The van der Waals surface area contributed by atoms with Crippen LogP contribution in [-0.2, 0) is 0 Å². The Kier molecular flexibility index (Phi) is 5.07. The van der Waals surface area contributed by atoms with E-state index in [2.05, 4.69) is 28.8 Å². The van der Waals surface area contributed by atoms with Gasteiger partial charge in [0.25, 0.3) is 5.91 Å². The van der Waals surface area contributed by atoms with Gasteiger partial charge in [-0.15, -0.1) is 0 Å². The Balaban J connectivity index is 1.62. The number of benzene rings is 2. The molecule has 0 radical (unpaired) electrons. The Morgan fingerprint density at radius 3 is 2.63 bits per heavy atom. The second-order valence-electron chi connectivity index (χ2n) is 7.00. The van der Waals surface area contributed by atoms with Crippen molar-refractivity contribution < 1.29 is 9.53 Å². The van der Waals surface area contributed by atoms with Gasteiger partial charge in [0.15, 0.2) is 0 Å². The number of nitrogens with one attached hydrogen (secondary N) is 1. The van der Waals surface area contributed by atoms with Crippen molar-refractivity contribution in [3.8, 4) is 5.75 Å². The maximum Gasteiger partial charge on any atom is 0.255 e. The summed E-state index contributed by atoms with van der Waals surface area (Å²) in [6.07, 6.45) is 6.49. The molecular weight excluding hydrogens is 358 g/mol. The van der Waals surface area contributed by atoms with E-state index in [0.29, 0.717) is 28.3 Å². The summed E-state index contributed by atoms with van der Waals surface area (Å²) in [5.74, 6) is 0.448. The molecule has 1 fully saturated rings. The molecule has 0 atom stereocenters. The van der Waals surface area contributed by atoms with Crippen molar-refractivity contribution in [2.45, 2.75) is 37.0 Å². The normalized spacial score (nSPS) is 19.8. The Bertz CT molecular complexity index is 947. The number of methoxy groups -OCH3 is 1. The van der Waals surface area contributed by atoms with Crippen LogP contribution in [0.15, 0.2) is 48.7 Å². The van der Waals surface area contributed by atoms with Gasteiger partial charge in [-0.1, -0.05) is 18.2 Å². The summed E-state index contributed by atoms with van der Waals surface area (Å²) in [5.41, 5.74) is 2.13. The van der Waals surface area contributed by atoms with Gasteiger partial charge in [-0.2, -0.15) is 17.7 Å². The molecule has 1 aliphatic carbocycles. The predicted molar refractivity (Wildman–Crippen MR) is 111 cm³/mol. The molecular formula is C21H23N3O2S. The fraction of sp³-hybridized carbons (Fsp3) is 0.333. The van der Waals surface area contributed by atoms with Crippen molar-refractivity contribution in [1.82, 2.24) is 9.78 Å². The lowest BCUT2D eigenvalue weighted by atomic mass is 9.95. The summed E-state index contributed by atoms with van der Waals surface area (Å²) >= 11 is 4.58. The van der Waals surface area contributed by atoms with Gasteiger partial charge in [-0.25, -0.2) is 0 Å². The van der Waals surface area contributed by atoms with Crippen LogP contribution in [0.1, 0.15) is 42.1 Å². The van der Waals surface area contributed by atoms with Gasteiger partial charge in [0.1, 0.15) is 5.75 Å². The molecule has 5 nitrogen and oxygen atoms in total. The van der Waals surface area contributed by atoms with E-state index in [1.807, 2.05) is 30.3 Å². The molecule has 1 amide bonds. The van der Waals surface area contributed by atoms with E-state index >= 15 is 0 Å². The van der Waals surface area contributed by atoms with E-state index in [4.69, 9.17) is 9.84 Å². The first kappa shape index (κ1) is 17.9. The molecule has 0 bridgehead atoms. The smallest absolute Gasteiger partial charge is 0.255 e. The standard InChI is InChI=1S/C21H23N3O2S/c1-26-20-12-18-15(13-24(23-18)16-7-9-17(27)10-8-16)11-19(20)22-21(25)14-5-3-2-4-6-14/h2-6,11-13,16-17,27H,7-10H2,1H3,(H,22,25)/t16-,17-. The van der Waals surface area contributed by atoms with Crippen LogP contribution in [0.25, 0.3) is 10.9 Å². The molecule has 1 aliphatic rings. The Hall–Kier alpha value is -2.47. The third-order valence-corrected chi connectivity index (χ3v) is 5.68. The number of carbonyl (C=O) groups is 1. The summed E-state index contributed by atoms with van der Waals surface area (Å²) in [4.78, 5) is 12.5. The summed E-state index contributed by atoms with van der Waals surface area (Å²) in [6, 6.07) is 13.4. The minimum Gasteiger partial charge on any atom is -0.494 e. The first-order valence-electron chi connectivity index (χ1n) is 9.25. The highest BCUT2D eigenvalue weighted by Gasteiger charge is 2.21. The molecule has 0 unspecified atom stereocenters. The lowest BCUT2D eigenvalue weighted by Crippen LogP contribution is -2.18. The van der Waals surface area contributed by atoms with Crippen molar-refractivity contribution >= 4 is 35.1 Å². The van der Waals surface area contributed by atoms with E-state index in [1.54, 1.807) is 19.2 Å². The second kappa shape index (κ2) is 7.64. The van der Waals surface area contributed by atoms with Gasteiger partial charge >= 0.3 is 0 Å². The van der Waals surface area contributed by atoms with Gasteiger partial charge in [0.05, 0.1) is 24.4 Å². The number of hydrogen-bond donors (Lipinski definition) is 2. The molecule has 4 rings (SSSR count). The highest BCUT2D eigenvalue weighted by atomic mass is 32.1. The zero-order valence-electron chi connectivity index (χ0n) is 15.3. The van der Waals surface area contributed by atoms with E-state index in [0.717, 1.165) is 36.6 Å². The summed E-state index contributed by atoms with van der Waals surface area (Å²) in [6.45, 7) is 0. The maximum absolute atomic E-state index is 12.5. The van der Waals surface area contributed by atoms with E-state index in [9.17, 15) is 4.79 Å². The average molecular weight is 382 g/mol. The van der Waals surface area contributed by atoms with Gasteiger partial charge in [-0.05, 0) is 43.9 Å². The van der Waals surface area contributed by atoms with Gasteiger partial charge in [0, 0.05) is 28.5 Å². The molecule has 1 saturated carbocycles. The molecule has 27 heavy (non-hydrogen) atoms. The number of aromatic nitrogens is 2. The van der Waals surface area contributed by atoms with Crippen molar-refractivity contribution in [2.75, 3.05) is 12.4 Å². The van der Waals surface area contributed by atoms with Crippen LogP contribution in [0.5, 0.6) is 5.75 Å². The molecule has 0 spiro atoms. The lowest BCUT2D eigenvalue weighted by molar-refractivity contribution is 0.102. The molecule has 1 heterocycles. The van der Waals surface area contributed by atoms with Crippen LogP contribution in [0.4, 0.5) is 5.69 Å². The van der Waals surface area contributed by atoms with Crippen LogP contribution in [0.3, 0.4) is 0 Å². The molecule has 1 N–H and O–H groups in total. The third kappa shape index (κ3) is 3.81. The van der Waals surface area contributed by atoms with Crippen LogP contribution in [0.2, 0.25) is 0 Å². The number of thiol groups is 1. The fourth-order valence-corrected chi connectivity index (χ4v) is 3.93. The predicted octanol–water partition coefficient (Wildman–Crippen LogP) is 4.71. The first-order valence-corrected chi connectivity index (χ1v) is 9.77. The van der Waals surface area contributed by atoms with Gasteiger partial charge < -0.3 is 10.1 Å². The van der Waals surface area contributed by atoms with Crippen molar-refractivity contribution in [3.05, 3.63) is 54.2 Å². The number of rotatable bonds is 4. The lowest BCUT2D eigenvalue weighted by Gasteiger charge is -2.25. The monoisotopic (exact) mass is 381 g/mol. The zero-order chi connectivity index (χ0) is 18.8. The zero-order valence-corrected chi connectivity index (χ0v) is 16.2. The molecule has 0 aliphatic heterocycles. The third-order valence-electron chi connectivity index (χ3n) is 5.17. The van der Waals surface area contributed by atoms with Crippen molar-refractivity contribution in [2.24, 2.45) is 0 Å². The number of amides is 1. The summed E-state index contributed by atoms with van der Waals surface area (Å²) in [7, 11) is 1.60. The fourth-order valence-electron chi connectivity index (χ4n) is 3.63. The summed E-state index contributed by atoms with van der Waals surface area (Å²) in [5, 5.41) is 9.20. The van der Waals surface area contributed by atoms with Gasteiger partial charge in [-0.3, -0.25) is 9.48 Å². The Morgan fingerprint density at radius 1 is 1.19 bits per heavy atom. The second-order valence-corrected chi connectivity index (χ2v) is 7.73. The summed E-state index contributed by atoms with van der Waals surface area (Å²) < 4.78 is 7.55. The maximum atomic E-state index is 12.5. The topological polar surface area (TPSA) is 56.1 Å². The first-order chi connectivity index (χ1) is 13.1. The Labute approximate surface area is 164 Å². The minimum atomic E-state index is -0.159. The number of hydrogen-bond acceptors (Lipinski definition) is 4. The highest BCUT2D eigenvalue weighted by Crippen LogP contribution is 2.34. The number of fused-ring (bicyclic) bond motifs is 1. The van der Waals surface area contributed by atoms with E-state index < -0.39 is 0 Å². The van der Waals surface area contributed by atoms with Crippen molar-refractivity contribution in [3.63, 3.8) is 0 Å². The highest BCUT2D eigenvalue weighted by molar-refractivity contribution is 7.80. The molecule has 3 aromatic rings. The number of ether oxygens (including phenoxy) is 1. The number of anilines is 1.